The minimum Gasteiger partial charge on any atom is -0.484 e. The number of carbonyl (C=O) groups is 2. The maximum absolute atomic E-state index is 13.2. The number of carbonyl (C=O) groups excluding carboxylic acids is 2. The van der Waals surface area contributed by atoms with Crippen LogP contribution in [0, 0.1) is 0 Å². The Hall–Kier alpha value is -3.93. The van der Waals surface area contributed by atoms with Crippen molar-refractivity contribution < 1.29 is 32.2 Å². The number of ether oxygens (including phenoxy) is 3. The average molecular weight is 566 g/mol. The molecule has 210 valence electrons. The molecule has 0 saturated carbocycles. The summed E-state index contributed by atoms with van der Waals surface area (Å²) < 4.78 is 43.9. The molecule has 1 N–H and O–H groups in total. The standard InChI is InChI=1S/C29H31N3O7S/c33-28(21-38-23-10-12-24(13-11-23)40(35,36)31-16-18-37-19-17-31)32-20-27(39-26-9-5-4-8-25(26)32)29(34)30-15-14-22-6-2-1-3-7-22/h1-13,27H,14-21H2,(H,30,34)/t27-/m1/s1. The lowest BCUT2D eigenvalue weighted by Gasteiger charge is -2.34. The maximum atomic E-state index is 13.2. The number of rotatable bonds is 9. The van der Waals surface area contributed by atoms with Gasteiger partial charge in [0, 0.05) is 19.6 Å². The summed E-state index contributed by atoms with van der Waals surface area (Å²) in [6, 6.07) is 22.8. The molecular formula is C29H31N3O7S. The molecule has 0 bridgehead atoms. The molecule has 0 aromatic heterocycles. The molecule has 2 heterocycles. The minimum absolute atomic E-state index is 0.0348. The number of nitrogens with one attached hydrogen (secondary N) is 1. The van der Waals surface area contributed by atoms with Gasteiger partial charge >= 0.3 is 0 Å². The molecule has 0 aliphatic carbocycles. The molecule has 2 aliphatic heterocycles. The molecule has 0 spiro atoms. The normalized spacial score (nSPS) is 17.4. The number of hydrogen-bond donors (Lipinski definition) is 1. The van der Waals surface area contributed by atoms with Crippen molar-refractivity contribution in [1.82, 2.24) is 9.62 Å². The van der Waals surface area contributed by atoms with Crippen molar-refractivity contribution in [3.8, 4) is 11.5 Å². The average Bonchev–Trinajstić information content (AvgIpc) is 3.00. The van der Waals surface area contributed by atoms with Crippen LogP contribution in [0.3, 0.4) is 0 Å². The van der Waals surface area contributed by atoms with Gasteiger partial charge < -0.3 is 24.4 Å². The summed E-state index contributed by atoms with van der Waals surface area (Å²) in [6.07, 6.45) is -0.196. The van der Waals surface area contributed by atoms with Gasteiger partial charge in [0.2, 0.25) is 10.0 Å². The summed E-state index contributed by atoms with van der Waals surface area (Å²) in [5.41, 5.74) is 1.66. The summed E-state index contributed by atoms with van der Waals surface area (Å²) in [6.45, 7) is 1.52. The third-order valence-electron chi connectivity index (χ3n) is 6.72. The Kier molecular flexibility index (Phi) is 8.63. The second-order valence-electron chi connectivity index (χ2n) is 9.38. The van der Waals surface area contributed by atoms with Crippen LogP contribution in [0.4, 0.5) is 5.69 Å². The van der Waals surface area contributed by atoms with Crippen molar-refractivity contribution in [2.75, 3.05) is 50.9 Å². The Morgan fingerprint density at radius 1 is 0.925 bits per heavy atom. The summed E-state index contributed by atoms with van der Waals surface area (Å²) in [4.78, 5) is 27.8. The molecule has 1 saturated heterocycles. The summed E-state index contributed by atoms with van der Waals surface area (Å²) in [7, 11) is -3.63. The van der Waals surface area contributed by atoms with Gasteiger partial charge in [-0.3, -0.25) is 9.59 Å². The quantitative estimate of drug-likeness (QED) is 0.423. The highest BCUT2D eigenvalue weighted by Crippen LogP contribution is 2.33. The largest absolute Gasteiger partial charge is 0.484 e. The summed E-state index contributed by atoms with van der Waals surface area (Å²) in [5.74, 6) is 0.123. The second-order valence-corrected chi connectivity index (χ2v) is 11.3. The molecule has 2 aliphatic rings. The molecule has 2 amide bonds. The highest BCUT2D eigenvalue weighted by atomic mass is 32.2. The van der Waals surface area contributed by atoms with Crippen LogP contribution in [0.5, 0.6) is 11.5 Å². The molecule has 1 atom stereocenters. The van der Waals surface area contributed by atoms with Crippen LogP contribution in [-0.4, -0.2) is 76.6 Å². The fourth-order valence-electron chi connectivity index (χ4n) is 4.56. The molecule has 3 aromatic rings. The van der Waals surface area contributed by atoms with Gasteiger partial charge in [0.05, 0.1) is 30.3 Å². The predicted octanol–water partition coefficient (Wildman–Crippen LogP) is 2.24. The van der Waals surface area contributed by atoms with Gasteiger partial charge in [-0.15, -0.1) is 0 Å². The van der Waals surface area contributed by atoms with E-state index >= 15 is 0 Å². The van der Waals surface area contributed by atoms with E-state index in [-0.39, 0.29) is 29.9 Å². The van der Waals surface area contributed by atoms with Crippen LogP contribution < -0.4 is 19.7 Å². The molecule has 0 unspecified atom stereocenters. The third kappa shape index (κ3) is 6.44. The zero-order valence-corrected chi connectivity index (χ0v) is 22.7. The van der Waals surface area contributed by atoms with Gasteiger partial charge in [-0.05, 0) is 48.4 Å². The molecule has 40 heavy (non-hydrogen) atoms. The number of para-hydroxylation sites is 2. The van der Waals surface area contributed by atoms with Crippen molar-refractivity contribution in [2.45, 2.75) is 17.4 Å². The highest BCUT2D eigenvalue weighted by Gasteiger charge is 2.34. The number of benzene rings is 3. The molecule has 5 rings (SSSR count). The first-order valence-corrected chi connectivity index (χ1v) is 14.5. The maximum Gasteiger partial charge on any atom is 0.265 e. The first-order chi connectivity index (χ1) is 19.4. The number of anilines is 1. The lowest BCUT2D eigenvalue weighted by Crippen LogP contribution is -2.52. The van der Waals surface area contributed by atoms with Crippen molar-refractivity contribution >= 4 is 27.5 Å². The van der Waals surface area contributed by atoms with Crippen LogP contribution in [0.2, 0.25) is 0 Å². The predicted molar refractivity (Wildman–Crippen MR) is 148 cm³/mol. The van der Waals surface area contributed by atoms with Gasteiger partial charge in [0.15, 0.2) is 12.7 Å². The minimum atomic E-state index is -3.63. The lowest BCUT2D eigenvalue weighted by molar-refractivity contribution is -0.128. The smallest absolute Gasteiger partial charge is 0.265 e. The first kappa shape index (κ1) is 27.6. The second kappa shape index (κ2) is 12.5. The van der Waals surface area contributed by atoms with Gasteiger partial charge in [0.1, 0.15) is 11.5 Å². The number of sulfonamides is 1. The van der Waals surface area contributed by atoms with E-state index in [4.69, 9.17) is 14.2 Å². The molecule has 0 radical (unpaired) electrons. The van der Waals surface area contributed by atoms with Crippen molar-refractivity contribution in [1.29, 1.82) is 0 Å². The number of fused-ring (bicyclic) bond motifs is 1. The van der Waals surface area contributed by atoms with Crippen LogP contribution in [0.1, 0.15) is 5.56 Å². The number of morpholine rings is 1. The van der Waals surface area contributed by atoms with E-state index < -0.39 is 16.1 Å². The van der Waals surface area contributed by atoms with E-state index in [9.17, 15) is 18.0 Å². The Labute approximate surface area is 233 Å². The Balaban J connectivity index is 1.20. The van der Waals surface area contributed by atoms with Gasteiger partial charge in [-0.2, -0.15) is 4.31 Å². The Morgan fingerprint density at radius 3 is 2.38 bits per heavy atom. The number of hydrogen-bond acceptors (Lipinski definition) is 7. The van der Waals surface area contributed by atoms with Crippen LogP contribution >= 0.6 is 0 Å². The van der Waals surface area contributed by atoms with Crippen molar-refractivity contribution in [3.05, 3.63) is 84.4 Å². The van der Waals surface area contributed by atoms with E-state index in [1.807, 2.05) is 30.3 Å². The number of nitrogens with zero attached hydrogens (tertiary/aromatic N) is 2. The van der Waals surface area contributed by atoms with Crippen molar-refractivity contribution in [2.24, 2.45) is 0 Å². The van der Waals surface area contributed by atoms with Crippen molar-refractivity contribution in [3.63, 3.8) is 0 Å². The lowest BCUT2D eigenvalue weighted by atomic mass is 10.1. The van der Waals surface area contributed by atoms with Gasteiger partial charge in [-0.1, -0.05) is 42.5 Å². The topological polar surface area (TPSA) is 114 Å². The van der Waals surface area contributed by atoms with Gasteiger partial charge in [-0.25, -0.2) is 8.42 Å². The number of amides is 2. The van der Waals surface area contributed by atoms with Crippen LogP contribution in [-0.2, 0) is 30.8 Å². The van der Waals surface area contributed by atoms with Gasteiger partial charge in [0.25, 0.3) is 11.8 Å². The summed E-state index contributed by atoms with van der Waals surface area (Å²) in [5, 5.41) is 2.90. The molecule has 3 aromatic carbocycles. The first-order valence-electron chi connectivity index (χ1n) is 13.1. The Bertz CT molecular complexity index is 1430. The zero-order valence-electron chi connectivity index (χ0n) is 21.9. The van der Waals surface area contributed by atoms with E-state index in [0.717, 1.165) is 5.56 Å². The monoisotopic (exact) mass is 565 g/mol. The van der Waals surface area contributed by atoms with E-state index in [0.29, 0.717) is 56.5 Å². The van der Waals surface area contributed by atoms with E-state index in [2.05, 4.69) is 5.32 Å². The van der Waals surface area contributed by atoms with E-state index in [1.165, 1.54) is 33.5 Å². The Morgan fingerprint density at radius 2 is 1.62 bits per heavy atom. The fraction of sp³-hybridized carbons (Fsp3) is 0.310. The van der Waals surface area contributed by atoms with Crippen LogP contribution in [0.15, 0.2) is 83.8 Å². The molecule has 10 nitrogen and oxygen atoms in total. The highest BCUT2D eigenvalue weighted by molar-refractivity contribution is 7.89. The van der Waals surface area contributed by atoms with E-state index in [1.54, 1.807) is 24.3 Å². The third-order valence-corrected chi connectivity index (χ3v) is 8.63. The SMILES string of the molecule is O=C(NCCc1ccccc1)[C@H]1CN(C(=O)COc2ccc(S(=O)(=O)N3CCOCC3)cc2)c2ccccc2O1. The summed E-state index contributed by atoms with van der Waals surface area (Å²) >= 11 is 0. The molecule has 1 fully saturated rings. The zero-order chi connectivity index (χ0) is 28.0. The van der Waals surface area contributed by atoms with Crippen LogP contribution in [0.25, 0.3) is 0 Å². The molecular weight excluding hydrogens is 534 g/mol. The fourth-order valence-corrected chi connectivity index (χ4v) is 5.97. The molecule has 11 heteroatoms.